The minimum atomic E-state index is 0.307. The predicted molar refractivity (Wildman–Crippen MR) is 145 cm³/mol. The molecule has 0 saturated carbocycles. The molecule has 0 atom stereocenters. The summed E-state index contributed by atoms with van der Waals surface area (Å²) in [5, 5.41) is 6.64. The number of allylic oxidation sites excluding steroid dienone is 2. The molecule has 0 fully saturated rings. The Kier molecular flexibility index (Phi) is 7.97. The van der Waals surface area contributed by atoms with Crippen LogP contribution in [0, 0.1) is 5.41 Å². The smallest absolute Gasteiger partial charge is 0.0611 e. The molecule has 1 aliphatic carbocycles. The Labute approximate surface area is 200 Å². The van der Waals surface area contributed by atoms with Crippen molar-refractivity contribution in [2.75, 3.05) is 11.9 Å². The highest BCUT2D eigenvalue weighted by Crippen LogP contribution is 2.27. The second-order valence-corrected chi connectivity index (χ2v) is 10.1. The van der Waals surface area contributed by atoms with Crippen molar-refractivity contribution in [1.82, 2.24) is 5.32 Å². The Bertz CT molecular complexity index is 1060. The van der Waals surface area contributed by atoms with Crippen LogP contribution in [0.15, 0.2) is 78.0 Å². The number of hydrogen-bond donors (Lipinski definition) is 2. The Morgan fingerprint density at radius 2 is 1.70 bits per heavy atom. The number of fused-ring (bicyclic) bond motifs is 1. The highest BCUT2D eigenvalue weighted by Gasteiger charge is 2.19. The van der Waals surface area contributed by atoms with Gasteiger partial charge in [-0.1, -0.05) is 64.3 Å². The molecule has 2 aromatic carbocycles. The van der Waals surface area contributed by atoms with Crippen molar-refractivity contribution in [3.8, 4) is 0 Å². The molecular weight excluding hydrogens is 402 g/mol. The number of anilines is 1. The normalized spacial score (nSPS) is 14.5. The van der Waals surface area contributed by atoms with Gasteiger partial charge in [-0.3, -0.25) is 4.99 Å². The molecule has 33 heavy (non-hydrogen) atoms. The van der Waals surface area contributed by atoms with Crippen molar-refractivity contribution in [1.29, 1.82) is 0 Å². The number of rotatable bonds is 6. The van der Waals surface area contributed by atoms with E-state index in [-0.39, 0.29) is 0 Å². The largest absolute Gasteiger partial charge is 0.381 e. The monoisotopic (exact) mass is 441 g/mol. The van der Waals surface area contributed by atoms with E-state index in [1.807, 2.05) is 19.1 Å². The third kappa shape index (κ3) is 7.21. The van der Waals surface area contributed by atoms with E-state index in [1.54, 1.807) is 0 Å². The first kappa shape index (κ1) is 24.6. The average Bonchev–Trinajstić information content (AvgIpc) is 3.41. The van der Waals surface area contributed by atoms with Crippen LogP contribution in [0.1, 0.15) is 63.3 Å². The molecule has 3 heteroatoms. The highest BCUT2D eigenvalue weighted by atomic mass is 14.9. The van der Waals surface area contributed by atoms with Crippen molar-refractivity contribution in [3.05, 3.63) is 95.2 Å². The van der Waals surface area contributed by atoms with Crippen LogP contribution in [0.5, 0.6) is 0 Å². The second kappa shape index (κ2) is 10.7. The maximum absolute atomic E-state index is 4.31. The van der Waals surface area contributed by atoms with Gasteiger partial charge in [0.25, 0.3) is 0 Å². The van der Waals surface area contributed by atoms with Crippen LogP contribution in [-0.4, -0.2) is 12.3 Å². The van der Waals surface area contributed by atoms with Crippen molar-refractivity contribution < 1.29 is 0 Å². The predicted octanol–water partition coefficient (Wildman–Crippen LogP) is 7.31. The zero-order valence-corrected chi connectivity index (χ0v) is 21.0. The van der Waals surface area contributed by atoms with E-state index in [0.29, 0.717) is 5.41 Å². The fourth-order valence-electron chi connectivity index (χ4n) is 4.05. The lowest BCUT2D eigenvalue weighted by Crippen LogP contribution is -2.11. The summed E-state index contributed by atoms with van der Waals surface area (Å²) < 4.78 is 0. The van der Waals surface area contributed by atoms with Crippen LogP contribution < -0.4 is 10.6 Å². The van der Waals surface area contributed by atoms with Gasteiger partial charge in [0.15, 0.2) is 0 Å². The summed E-state index contributed by atoms with van der Waals surface area (Å²) in [4.78, 5) is 4.31. The summed E-state index contributed by atoms with van der Waals surface area (Å²) >= 11 is 0. The summed E-state index contributed by atoms with van der Waals surface area (Å²) in [6.07, 6.45) is 5.95. The van der Waals surface area contributed by atoms with Crippen LogP contribution in [0.3, 0.4) is 0 Å². The minimum absolute atomic E-state index is 0.307. The van der Waals surface area contributed by atoms with Gasteiger partial charge in [0, 0.05) is 29.3 Å². The van der Waals surface area contributed by atoms with E-state index >= 15 is 0 Å². The molecule has 1 aliphatic heterocycles. The molecule has 0 saturated heterocycles. The van der Waals surface area contributed by atoms with Crippen LogP contribution in [0.4, 0.5) is 5.69 Å². The minimum Gasteiger partial charge on any atom is -0.381 e. The number of aliphatic imine (C=N–C) groups is 1. The number of hydrogen-bond acceptors (Lipinski definition) is 3. The Balaban J connectivity index is 0.000000257. The molecule has 2 aromatic rings. The molecule has 1 heterocycles. The van der Waals surface area contributed by atoms with E-state index in [0.717, 1.165) is 35.7 Å². The Morgan fingerprint density at radius 3 is 2.27 bits per heavy atom. The van der Waals surface area contributed by atoms with Crippen LogP contribution in [-0.2, 0) is 19.4 Å². The number of benzene rings is 2. The summed E-state index contributed by atoms with van der Waals surface area (Å²) in [6.45, 7) is 20.4. The van der Waals surface area contributed by atoms with E-state index in [9.17, 15) is 0 Å². The molecule has 0 radical (unpaired) electrons. The molecule has 0 aromatic heterocycles. The van der Waals surface area contributed by atoms with Crippen LogP contribution in [0.2, 0.25) is 0 Å². The fourth-order valence-corrected chi connectivity index (χ4v) is 4.05. The molecule has 0 amide bonds. The number of nitrogens with zero attached hydrogens (tertiary/aromatic N) is 1. The molecule has 3 nitrogen and oxygen atoms in total. The quantitative estimate of drug-likeness (QED) is 0.493. The summed E-state index contributed by atoms with van der Waals surface area (Å²) in [6, 6.07) is 15.1. The van der Waals surface area contributed by atoms with Crippen molar-refractivity contribution in [3.63, 3.8) is 0 Å². The van der Waals surface area contributed by atoms with Gasteiger partial charge in [0.05, 0.1) is 6.54 Å². The lowest BCUT2D eigenvalue weighted by atomic mass is 9.87. The summed E-state index contributed by atoms with van der Waals surface area (Å²) in [5.41, 5.74) is 11.3. The standard InChI is InChI=1S/C21H24N2.C9H15N/c1-15(2)23-21-11-9-18(10-12-21)16(3)22-14-17-7-8-19-5-4-6-20(19)13-17;1-7-5-8(6-10-7)9(2,3)4/h7-13,22-23H,1,3-6,14H2,2H3;5H,6H2,1-4H3. The van der Waals surface area contributed by atoms with E-state index in [2.05, 4.69) is 92.9 Å². The molecule has 0 spiro atoms. The van der Waals surface area contributed by atoms with Gasteiger partial charge in [-0.15, -0.1) is 0 Å². The Hall–Kier alpha value is -3.07. The molecule has 0 bridgehead atoms. The summed E-state index contributed by atoms with van der Waals surface area (Å²) in [5.74, 6) is 0. The molecule has 174 valence electrons. The fraction of sp³-hybridized carbons (Fsp3) is 0.367. The second-order valence-electron chi connectivity index (χ2n) is 10.1. The van der Waals surface area contributed by atoms with E-state index in [4.69, 9.17) is 0 Å². The van der Waals surface area contributed by atoms with Gasteiger partial charge in [-0.05, 0) is 84.6 Å². The van der Waals surface area contributed by atoms with Crippen molar-refractivity contribution in [2.24, 2.45) is 10.4 Å². The Morgan fingerprint density at radius 1 is 1.00 bits per heavy atom. The molecule has 4 rings (SSSR count). The van der Waals surface area contributed by atoms with Gasteiger partial charge in [0.2, 0.25) is 0 Å². The van der Waals surface area contributed by atoms with Gasteiger partial charge in [0.1, 0.15) is 0 Å². The maximum atomic E-state index is 4.31. The number of aryl methyl sites for hydroxylation is 2. The lowest BCUT2D eigenvalue weighted by Gasteiger charge is -2.18. The van der Waals surface area contributed by atoms with Crippen molar-refractivity contribution >= 4 is 17.1 Å². The molecular formula is C30H39N3. The first-order chi connectivity index (χ1) is 15.6. The third-order valence-corrected chi connectivity index (χ3v) is 6.11. The van der Waals surface area contributed by atoms with Crippen LogP contribution >= 0.6 is 0 Å². The third-order valence-electron chi connectivity index (χ3n) is 6.11. The lowest BCUT2D eigenvalue weighted by molar-refractivity contribution is 0.499. The first-order valence-electron chi connectivity index (χ1n) is 11.9. The SMILES string of the molecule is C=C(C)Nc1ccc(C(=C)NCc2ccc3c(c2)CCC3)cc1.CC1=NCC(C(C)(C)C)=C1. The van der Waals surface area contributed by atoms with Gasteiger partial charge in [-0.25, -0.2) is 0 Å². The highest BCUT2D eigenvalue weighted by molar-refractivity contribution is 5.95. The van der Waals surface area contributed by atoms with E-state index < -0.39 is 0 Å². The zero-order chi connectivity index (χ0) is 24.0. The van der Waals surface area contributed by atoms with Gasteiger partial charge >= 0.3 is 0 Å². The molecule has 0 unspecified atom stereocenters. The van der Waals surface area contributed by atoms with Crippen molar-refractivity contribution in [2.45, 2.75) is 60.4 Å². The van der Waals surface area contributed by atoms with Crippen LogP contribution in [0.25, 0.3) is 5.70 Å². The molecule has 2 aliphatic rings. The van der Waals surface area contributed by atoms with Gasteiger partial charge in [-0.2, -0.15) is 0 Å². The van der Waals surface area contributed by atoms with Gasteiger partial charge < -0.3 is 10.6 Å². The first-order valence-corrected chi connectivity index (χ1v) is 11.9. The number of nitrogens with one attached hydrogen (secondary N) is 2. The topological polar surface area (TPSA) is 36.4 Å². The summed E-state index contributed by atoms with van der Waals surface area (Å²) in [7, 11) is 0. The van der Waals surface area contributed by atoms with E-state index in [1.165, 1.54) is 47.2 Å². The average molecular weight is 442 g/mol. The molecule has 2 N–H and O–H groups in total. The maximum Gasteiger partial charge on any atom is 0.0611 e. The zero-order valence-electron chi connectivity index (χ0n) is 21.0.